The van der Waals surface area contributed by atoms with Crippen molar-refractivity contribution in [2.75, 3.05) is 13.2 Å². The van der Waals surface area contributed by atoms with Crippen molar-refractivity contribution >= 4 is 5.91 Å². The first-order valence-electron chi connectivity index (χ1n) is 8.16. The largest absolute Gasteiger partial charge is 0.396 e. The van der Waals surface area contributed by atoms with E-state index < -0.39 is 0 Å². The molecule has 2 heterocycles. The van der Waals surface area contributed by atoms with Crippen molar-refractivity contribution in [3.05, 3.63) is 78.5 Å². The number of nitrogens with zero attached hydrogens (tertiary/aromatic N) is 3. The summed E-state index contributed by atoms with van der Waals surface area (Å²) in [6, 6.07) is 13.4. The molecule has 0 saturated carbocycles. The molecule has 0 radical (unpaired) electrons. The number of pyridine rings is 1. The van der Waals surface area contributed by atoms with E-state index in [1.165, 1.54) is 0 Å². The molecule has 2 N–H and O–H groups in total. The maximum atomic E-state index is 12.3. The van der Waals surface area contributed by atoms with Crippen LogP contribution in [0.25, 0.3) is 5.82 Å². The van der Waals surface area contributed by atoms with E-state index in [9.17, 15) is 9.90 Å². The Labute approximate surface area is 146 Å². The number of amides is 1. The minimum Gasteiger partial charge on any atom is -0.396 e. The second kappa shape index (κ2) is 8.21. The first kappa shape index (κ1) is 16.9. The number of carbonyl (C=O) groups excluding carboxylic acids is 1. The zero-order chi connectivity index (χ0) is 17.5. The Bertz CT molecular complexity index is 786. The van der Waals surface area contributed by atoms with Crippen LogP contribution in [0.2, 0.25) is 0 Å². The van der Waals surface area contributed by atoms with Gasteiger partial charge in [0.1, 0.15) is 12.1 Å². The Hall–Kier alpha value is -2.99. The molecule has 0 saturated heterocycles. The highest BCUT2D eigenvalue weighted by Crippen LogP contribution is 2.18. The van der Waals surface area contributed by atoms with Crippen LogP contribution in [0.15, 0.2) is 67.4 Å². The second-order valence-corrected chi connectivity index (χ2v) is 5.70. The fraction of sp³-hybridized carbons (Fsp3) is 0.211. The van der Waals surface area contributed by atoms with Gasteiger partial charge in [-0.05, 0) is 24.1 Å². The molecular formula is C19H20N4O2. The molecular weight excluding hydrogens is 316 g/mol. The Morgan fingerprint density at radius 2 is 2.04 bits per heavy atom. The summed E-state index contributed by atoms with van der Waals surface area (Å²) in [5.74, 6) is 0.605. The molecule has 6 nitrogen and oxygen atoms in total. The van der Waals surface area contributed by atoms with Crippen LogP contribution in [0.5, 0.6) is 0 Å². The summed E-state index contributed by atoms with van der Waals surface area (Å²) in [4.78, 5) is 20.6. The number of imidazole rings is 1. The summed E-state index contributed by atoms with van der Waals surface area (Å²) < 4.78 is 1.77. The highest BCUT2D eigenvalue weighted by molar-refractivity contribution is 5.93. The summed E-state index contributed by atoms with van der Waals surface area (Å²) in [6.07, 6.45) is 7.27. The fourth-order valence-corrected chi connectivity index (χ4v) is 2.65. The summed E-state index contributed by atoms with van der Waals surface area (Å²) in [5, 5.41) is 12.2. The molecule has 3 rings (SSSR count). The van der Waals surface area contributed by atoms with Crippen LogP contribution in [0.4, 0.5) is 0 Å². The summed E-state index contributed by atoms with van der Waals surface area (Å²) in [6.45, 7) is 0.545. The number of aliphatic hydroxyl groups excluding tert-OH is 1. The molecule has 3 aromatic rings. The number of hydrogen-bond acceptors (Lipinski definition) is 4. The first-order valence-corrected chi connectivity index (χ1v) is 8.16. The molecule has 0 fully saturated rings. The monoisotopic (exact) mass is 336 g/mol. The molecule has 1 unspecified atom stereocenters. The number of rotatable bonds is 7. The van der Waals surface area contributed by atoms with Gasteiger partial charge in [0.15, 0.2) is 0 Å². The molecule has 0 aliphatic carbocycles. The second-order valence-electron chi connectivity index (χ2n) is 5.70. The molecule has 0 spiro atoms. The van der Waals surface area contributed by atoms with Gasteiger partial charge in [0, 0.05) is 37.7 Å². The summed E-state index contributed by atoms with van der Waals surface area (Å²) >= 11 is 0. The van der Waals surface area contributed by atoms with Gasteiger partial charge in [0.2, 0.25) is 0 Å². The van der Waals surface area contributed by atoms with E-state index in [4.69, 9.17) is 0 Å². The smallest absolute Gasteiger partial charge is 0.252 e. The van der Waals surface area contributed by atoms with Crippen molar-refractivity contribution in [1.29, 1.82) is 0 Å². The number of benzene rings is 1. The van der Waals surface area contributed by atoms with Gasteiger partial charge >= 0.3 is 0 Å². The number of carbonyl (C=O) groups is 1. The van der Waals surface area contributed by atoms with E-state index in [0.717, 1.165) is 5.56 Å². The third-order valence-corrected chi connectivity index (χ3v) is 4.04. The number of aromatic nitrogens is 3. The lowest BCUT2D eigenvalue weighted by Crippen LogP contribution is -2.29. The Kier molecular flexibility index (Phi) is 5.53. The van der Waals surface area contributed by atoms with E-state index in [0.29, 0.717) is 24.3 Å². The SMILES string of the molecule is O=C(NCC(CCO)c1ccccc1)c1ccc(-n2ccnc2)nc1. The van der Waals surface area contributed by atoms with Crippen LogP contribution in [0.3, 0.4) is 0 Å². The van der Waals surface area contributed by atoms with Crippen molar-refractivity contribution < 1.29 is 9.90 Å². The van der Waals surface area contributed by atoms with Gasteiger partial charge in [-0.15, -0.1) is 0 Å². The molecule has 6 heteroatoms. The van der Waals surface area contributed by atoms with Gasteiger partial charge in [-0.25, -0.2) is 9.97 Å². The van der Waals surface area contributed by atoms with Crippen molar-refractivity contribution in [1.82, 2.24) is 19.9 Å². The molecule has 0 aliphatic rings. The van der Waals surface area contributed by atoms with E-state index in [2.05, 4.69) is 15.3 Å². The molecule has 25 heavy (non-hydrogen) atoms. The third kappa shape index (κ3) is 4.30. The Morgan fingerprint density at radius 3 is 2.68 bits per heavy atom. The predicted octanol–water partition coefficient (Wildman–Crippen LogP) is 2.16. The fourth-order valence-electron chi connectivity index (χ4n) is 2.65. The maximum Gasteiger partial charge on any atom is 0.252 e. The lowest BCUT2D eigenvalue weighted by atomic mass is 9.96. The number of nitrogens with one attached hydrogen (secondary N) is 1. The van der Waals surface area contributed by atoms with Gasteiger partial charge in [-0.2, -0.15) is 0 Å². The lowest BCUT2D eigenvalue weighted by molar-refractivity contribution is 0.0949. The zero-order valence-corrected chi connectivity index (χ0v) is 13.7. The zero-order valence-electron chi connectivity index (χ0n) is 13.7. The molecule has 0 bridgehead atoms. The minimum absolute atomic E-state index is 0.0772. The minimum atomic E-state index is -0.177. The van der Waals surface area contributed by atoms with Crippen molar-refractivity contribution in [2.45, 2.75) is 12.3 Å². The standard InChI is InChI=1S/C19H20N4O2/c24-11-8-16(15-4-2-1-3-5-15)12-22-19(25)17-6-7-18(21-13-17)23-10-9-20-14-23/h1-7,9-10,13-14,16,24H,8,11-12H2,(H,22,25). The molecule has 0 aliphatic heterocycles. The number of hydrogen-bond donors (Lipinski definition) is 2. The predicted molar refractivity (Wildman–Crippen MR) is 94.6 cm³/mol. The number of aliphatic hydroxyl groups is 1. The quantitative estimate of drug-likeness (QED) is 0.693. The van der Waals surface area contributed by atoms with E-state index in [-0.39, 0.29) is 18.4 Å². The van der Waals surface area contributed by atoms with Gasteiger partial charge in [0.25, 0.3) is 5.91 Å². The lowest BCUT2D eigenvalue weighted by Gasteiger charge is -2.17. The van der Waals surface area contributed by atoms with Crippen molar-refractivity contribution in [3.63, 3.8) is 0 Å². The molecule has 1 amide bonds. The van der Waals surface area contributed by atoms with Crippen LogP contribution in [-0.2, 0) is 0 Å². The third-order valence-electron chi connectivity index (χ3n) is 4.04. The van der Waals surface area contributed by atoms with E-state index in [1.54, 1.807) is 41.6 Å². The van der Waals surface area contributed by atoms with Gasteiger partial charge in [0.05, 0.1) is 5.56 Å². The van der Waals surface area contributed by atoms with Crippen LogP contribution in [0.1, 0.15) is 28.3 Å². The first-order chi connectivity index (χ1) is 12.3. The Balaban J connectivity index is 1.63. The van der Waals surface area contributed by atoms with Crippen LogP contribution >= 0.6 is 0 Å². The highest BCUT2D eigenvalue weighted by Gasteiger charge is 2.13. The van der Waals surface area contributed by atoms with Gasteiger partial charge in [-0.1, -0.05) is 30.3 Å². The topological polar surface area (TPSA) is 80.0 Å². The highest BCUT2D eigenvalue weighted by atomic mass is 16.3. The average molecular weight is 336 g/mol. The molecule has 1 aromatic carbocycles. The Morgan fingerprint density at radius 1 is 1.20 bits per heavy atom. The van der Waals surface area contributed by atoms with Crippen LogP contribution in [-0.4, -0.2) is 38.7 Å². The normalized spacial score (nSPS) is 11.9. The van der Waals surface area contributed by atoms with E-state index >= 15 is 0 Å². The summed E-state index contributed by atoms with van der Waals surface area (Å²) in [7, 11) is 0. The van der Waals surface area contributed by atoms with Crippen molar-refractivity contribution in [2.24, 2.45) is 0 Å². The maximum absolute atomic E-state index is 12.3. The summed E-state index contributed by atoms with van der Waals surface area (Å²) in [5.41, 5.74) is 1.60. The van der Waals surface area contributed by atoms with Crippen LogP contribution in [0, 0.1) is 0 Å². The van der Waals surface area contributed by atoms with Gasteiger partial charge < -0.3 is 10.4 Å². The van der Waals surface area contributed by atoms with Crippen LogP contribution < -0.4 is 5.32 Å². The average Bonchev–Trinajstić information content (AvgIpc) is 3.20. The molecule has 128 valence electrons. The van der Waals surface area contributed by atoms with E-state index in [1.807, 2.05) is 30.3 Å². The molecule has 2 aromatic heterocycles. The van der Waals surface area contributed by atoms with Crippen molar-refractivity contribution in [3.8, 4) is 5.82 Å². The van der Waals surface area contributed by atoms with Gasteiger partial charge in [-0.3, -0.25) is 9.36 Å². The molecule has 1 atom stereocenters.